The average Bonchev–Trinajstić information content (AvgIpc) is 2.72. The van der Waals surface area contributed by atoms with E-state index in [2.05, 4.69) is 0 Å². The zero-order valence-electron chi connectivity index (χ0n) is 14.4. The van der Waals surface area contributed by atoms with Gasteiger partial charge in [0.2, 0.25) is 0 Å². The molecule has 0 atom stereocenters. The van der Waals surface area contributed by atoms with Crippen molar-refractivity contribution in [1.82, 2.24) is 0 Å². The van der Waals surface area contributed by atoms with Gasteiger partial charge in [0.1, 0.15) is 0 Å². The SMILES string of the molecule is O=[N+]([O-])c1ccc(C=Cc2cc(-c3ccccc3)[o+]c3ccccc23)cc1. The summed E-state index contributed by atoms with van der Waals surface area (Å²) < 4.78 is 6.07. The number of nitro benzene ring substituents is 1. The number of rotatable bonds is 4. The molecule has 0 fully saturated rings. The smallest absolute Gasteiger partial charge is 0.258 e. The first-order valence-electron chi connectivity index (χ1n) is 8.54. The summed E-state index contributed by atoms with van der Waals surface area (Å²) in [6, 6.07) is 26.3. The van der Waals surface area contributed by atoms with Gasteiger partial charge in [-0.05, 0) is 35.9 Å². The van der Waals surface area contributed by atoms with Gasteiger partial charge in [-0.1, -0.05) is 42.5 Å². The number of para-hydroxylation sites is 1. The highest BCUT2D eigenvalue weighted by Gasteiger charge is 2.17. The normalized spacial score (nSPS) is 11.1. The molecule has 0 spiro atoms. The zero-order valence-corrected chi connectivity index (χ0v) is 14.4. The Morgan fingerprint density at radius 3 is 2.26 bits per heavy atom. The maximum Gasteiger partial charge on any atom is 0.361 e. The van der Waals surface area contributed by atoms with Crippen LogP contribution in [0.2, 0.25) is 0 Å². The number of hydrogen-bond acceptors (Lipinski definition) is 2. The Morgan fingerprint density at radius 2 is 1.52 bits per heavy atom. The van der Waals surface area contributed by atoms with Gasteiger partial charge in [-0.2, -0.15) is 0 Å². The Hall–Kier alpha value is -3.79. The quantitative estimate of drug-likeness (QED) is 0.240. The largest absolute Gasteiger partial charge is 0.361 e. The van der Waals surface area contributed by atoms with Crippen LogP contribution in [0.25, 0.3) is 34.4 Å². The summed E-state index contributed by atoms with van der Waals surface area (Å²) in [6.07, 6.45) is 3.95. The summed E-state index contributed by atoms with van der Waals surface area (Å²) >= 11 is 0. The van der Waals surface area contributed by atoms with Crippen molar-refractivity contribution in [2.24, 2.45) is 0 Å². The summed E-state index contributed by atoms with van der Waals surface area (Å²) in [5, 5.41) is 11.8. The van der Waals surface area contributed by atoms with E-state index < -0.39 is 4.92 Å². The maximum absolute atomic E-state index is 10.8. The van der Waals surface area contributed by atoms with Crippen molar-refractivity contribution in [2.75, 3.05) is 0 Å². The van der Waals surface area contributed by atoms with Crippen LogP contribution in [0.1, 0.15) is 11.1 Å². The minimum Gasteiger partial charge on any atom is -0.258 e. The molecule has 0 bridgehead atoms. The van der Waals surface area contributed by atoms with Crippen LogP contribution in [-0.4, -0.2) is 4.92 Å². The molecule has 0 saturated carbocycles. The number of fused-ring (bicyclic) bond motifs is 1. The van der Waals surface area contributed by atoms with Crippen LogP contribution in [0.5, 0.6) is 0 Å². The number of benzene rings is 3. The van der Waals surface area contributed by atoms with Crippen molar-refractivity contribution in [3.8, 4) is 11.3 Å². The lowest BCUT2D eigenvalue weighted by atomic mass is 10.0. The summed E-state index contributed by atoms with van der Waals surface area (Å²) in [4.78, 5) is 10.4. The molecule has 4 aromatic rings. The van der Waals surface area contributed by atoms with E-state index in [1.54, 1.807) is 12.1 Å². The van der Waals surface area contributed by atoms with Gasteiger partial charge in [-0.15, -0.1) is 0 Å². The Kier molecular flexibility index (Phi) is 4.45. The van der Waals surface area contributed by atoms with Crippen LogP contribution in [0.3, 0.4) is 0 Å². The van der Waals surface area contributed by atoms with Crippen molar-refractivity contribution in [1.29, 1.82) is 0 Å². The molecular formula is C23H16NO3+. The number of nitrogens with zero attached hydrogens (tertiary/aromatic N) is 1. The Morgan fingerprint density at radius 1 is 0.815 bits per heavy atom. The molecule has 4 heteroatoms. The van der Waals surface area contributed by atoms with E-state index in [-0.39, 0.29) is 5.69 Å². The Balaban J connectivity index is 1.77. The zero-order chi connectivity index (χ0) is 18.6. The van der Waals surface area contributed by atoms with Gasteiger partial charge in [-0.25, -0.2) is 4.42 Å². The van der Waals surface area contributed by atoms with E-state index in [1.165, 1.54) is 12.1 Å². The second kappa shape index (κ2) is 7.22. The molecule has 0 radical (unpaired) electrons. The Bertz CT molecular complexity index is 1130. The van der Waals surface area contributed by atoms with Crippen LogP contribution < -0.4 is 0 Å². The first kappa shape index (κ1) is 16.7. The van der Waals surface area contributed by atoms with E-state index in [0.29, 0.717) is 0 Å². The fraction of sp³-hybridized carbons (Fsp3) is 0. The van der Waals surface area contributed by atoms with E-state index in [0.717, 1.165) is 33.4 Å². The van der Waals surface area contributed by atoms with Gasteiger partial charge >= 0.3 is 11.3 Å². The van der Waals surface area contributed by atoms with Gasteiger partial charge < -0.3 is 0 Å². The predicted octanol–water partition coefficient (Wildman–Crippen LogP) is 6.46. The molecule has 0 aliphatic carbocycles. The molecule has 0 amide bonds. The molecular weight excluding hydrogens is 338 g/mol. The first-order valence-corrected chi connectivity index (χ1v) is 8.54. The van der Waals surface area contributed by atoms with Crippen molar-refractivity contribution >= 4 is 28.8 Å². The highest BCUT2D eigenvalue weighted by molar-refractivity contribution is 5.91. The molecule has 0 saturated heterocycles. The van der Waals surface area contributed by atoms with Gasteiger partial charge in [0, 0.05) is 23.8 Å². The second-order valence-electron chi connectivity index (χ2n) is 6.11. The molecule has 3 aromatic carbocycles. The topological polar surface area (TPSA) is 54.4 Å². The maximum atomic E-state index is 10.8. The van der Waals surface area contributed by atoms with Crippen molar-refractivity contribution in [2.45, 2.75) is 0 Å². The van der Waals surface area contributed by atoms with Gasteiger partial charge in [0.05, 0.1) is 21.9 Å². The molecule has 1 heterocycles. The van der Waals surface area contributed by atoms with E-state index in [1.807, 2.05) is 72.8 Å². The minimum atomic E-state index is -0.397. The third-order valence-electron chi connectivity index (χ3n) is 4.32. The van der Waals surface area contributed by atoms with Gasteiger partial charge in [0.25, 0.3) is 5.69 Å². The number of non-ortho nitro benzene ring substituents is 1. The number of hydrogen-bond donors (Lipinski definition) is 0. The highest BCUT2D eigenvalue weighted by Crippen LogP contribution is 2.29. The lowest BCUT2D eigenvalue weighted by Gasteiger charge is -1.99. The lowest BCUT2D eigenvalue weighted by Crippen LogP contribution is -1.86. The fourth-order valence-electron chi connectivity index (χ4n) is 2.94. The molecule has 4 rings (SSSR count). The summed E-state index contributed by atoms with van der Waals surface area (Å²) in [6.45, 7) is 0. The molecule has 0 aliphatic rings. The van der Waals surface area contributed by atoms with Crippen LogP contribution >= 0.6 is 0 Å². The molecule has 4 nitrogen and oxygen atoms in total. The fourth-order valence-corrected chi connectivity index (χ4v) is 2.94. The predicted molar refractivity (Wildman–Crippen MR) is 108 cm³/mol. The van der Waals surface area contributed by atoms with Gasteiger partial charge in [-0.3, -0.25) is 10.1 Å². The average molecular weight is 354 g/mol. The van der Waals surface area contributed by atoms with Crippen molar-refractivity contribution in [3.05, 3.63) is 106 Å². The third-order valence-corrected chi connectivity index (χ3v) is 4.32. The molecule has 27 heavy (non-hydrogen) atoms. The van der Waals surface area contributed by atoms with Gasteiger partial charge in [0.15, 0.2) is 0 Å². The van der Waals surface area contributed by atoms with E-state index in [9.17, 15) is 10.1 Å². The minimum absolute atomic E-state index is 0.0856. The molecule has 1 aromatic heterocycles. The molecule has 0 N–H and O–H groups in total. The van der Waals surface area contributed by atoms with Crippen LogP contribution in [0, 0.1) is 10.1 Å². The van der Waals surface area contributed by atoms with E-state index >= 15 is 0 Å². The van der Waals surface area contributed by atoms with Crippen molar-refractivity contribution < 1.29 is 9.34 Å². The summed E-state index contributed by atoms with van der Waals surface area (Å²) in [5.41, 5.74) is 3.82. The third kappa shape index (κ3) is 3.60. The van der Waals surface area contributed by atoms with Crippen LogP contribution in [0.15, 0.2) is 89.3 Å². The first-order chi connectivity index (χ1) is 13.2. The molecule has 130 valence electrons. The standard InChI is InChI=1S/C23H16NO3/c25-24(26)20-14-11-17(12-15-20)10-13-19-16-23(18-6-2-1-3-7-18)27-22-9-5-4-8-21(19)22/h1-16H/q+1. The summed E-state index contributed by atoms with van der Waals surface area (Å²) in [7, 11) is 0. The van der Waals surface area contributed by atoms with Crippen LogP contribution in [-0.2, 0) is 0 Å². The second-order valence-corrected chi connectivity index (χ2v) is 6.11. The van der Waals surface area contributed by atoms with Crippen LogP contribution in [0.4, 0.5) is 5.69 Å². The number of nitro groups is 1. The lowest BCUT2D eigenvalue weighted by molar-refractivity contribution is -0.384. The molecule has 0 unspecified atom stereocenters. The molecule has 0 aliphatic heterocycles. The monoisotopic (exact) mass is 354 g/mol. The van der Waals surface area contributed by atoms with Crippen molar-refractivity contribution in [3.63, 3.8) is 0 Å². The summed E-state index contributed by atoms with van der Waals surface area (Å²) in [5.74, 6) is 0.789. The van der Waals surface area contributed by atoms with E-state index in [4.69, 9.17) is 4.42 Å². The highest BCUT2D eigenvalue weighted by atomic mass is 16.6. The Labute approximate surface area is 156 Å².